The van der Waals surface area contributed by atoms with Crippen LogP contribution in [0.25, 0.3) is 11.5 Å². The van der Waals surface area contributed by atoms with Gasteiger partial charge in [-0.3, -0.25) is 0 Å². The molecule has 0 aliphatic heterocycles. The zero-order valence-electron chi connectivity index (χ0n) is 9.20. The van der Waals surface area contributed by atoms with Crippen molar-refractivity contribution in [2.45, 2.75) is 13.5 Å². The van der Waals surface area contributed by atoms with Crippen molar-refractivity contribution in [3.8, 4) is 11.5 Å². The lowest BCUT2D eigenvalue weighted by molar-refractivity contribution is 0.420. The van der Waals surface area contributed by atoms with Crippen molar-refractivity contribution in [3.05, 3.63) is 34.1 Å². The first-order chi connectivity index (χ1) is 8.22. The predicted molar refractivity (Wildman–Crippen MR) is 67.1 cm³/mol. The smallest absolute Gasteiger partial charge is 0.259 e. The number of hydrogen-bond donors (Lipinski definition) is 1. The van der Waals surface area contributed by atoms with E-state index in [4.69, 9.17) is 27.7 Å². The largest absolute Gasteiger partial charge is 0.334 e. The Hall–Kier alpha value is -1.10. The van der Waals surface area contributed by atoms with Crippen LogP contribution in [-0.2, 0) is 6.54 Å². The molecule has 0 aliphatic carbocycles. The summed E-state index contributed by atoms with van der Waals surface area (Å²) < 4.78 is 5.14. The third-order valence-corrected chi connectivity index (χ3v) is 3.00. The van der Waals surface area contributed by atoms with Crippen LogP contribution < -0.4 is 5.32 Å². The second-order valence-electron chi connectivity index (χ2n) is 3.40. The molecule has 0 atom stereocenters. The summed E-state index contributed by atoms with van der Waals surface area (Å²) in [6.45, 7) is 3.43. The lowest BCUT2D eigenvalue weighted by atomic mass is 10.2. The second kappa shape index (κ2) is 5.49. The molecule has 2 aromatic rings. The first-order valence-corrected chi connectivity index (χ1v) is 5.95. The Kier molecular flexibility index (Phi) is 3.99. The van der Waals surface area contributed by atoms with Crippen LogP contribution in [-0.4, -0.2) is 16.7 Å². The van der Waals surface area contributed by atoms with Crippen LogP contribution >= 0.6 is 23.2 Å². The number of rotatable bonds is 4. The van der Waals surface area contributed by atoms with Gasteiger partial charge >= 0.3 is 0 Å². The first-order valence-electron chi connectivity index (χ1n) is 5.20. The Morgan fingerprint density at radius 2 is 2.18 bits per heavy atom. The monoisotopic (exact) mass is 271 g/mol. The molecule has 1 aromatic heterocycles. The first kappa shape index (κ1) is 12.4. The summed E-state index contributed by atoms with van der Waals surface area (Å²) in [6, 6.07) is 5.29. The Morgan fingerprint density at radius 1 is 1.35 bits per heavy atom. The van der Waals surface area contributed by atoms with Gasteiger partial charge in [0.1, 0.15) is 0 Å². The van der Waals surface area contributed by atoms with Crippen LogP contribution in [0.15, 0.2) is 22.7 Å². The van der Waals surface area contributed by atoms with Gasteiger partial charge in [0.15, 0.2) is 5.82 Å². The SMILES string of the molecule is CCNCc1noc(-c2cccc(Cl)c2Cl)n1. The zero-order chi connectivity index (χ0) is 12.3. The van der Waals surface area contributed by atoms with Gasteiger partial charge in [0.2, 0.25) is 0 Å². The average molecular weight is 272 g/mol. The minimum Gasteiger partial charge on any atom is -0.334 e. The summed E-state index contributed by atoms with van der Waals surface area (Å²) in [5.74, 6) is 0.975. The maximum Gasteiger partial charge on any atom is 0.259 e. The molecule has 0 bridgehead atoms. The minimum absolute atomic E-state index is 0.380. The zero-order valence-corrected chi connectivity index (χ0v) is 10.7. The number of benzene rings is 1. The van der Waals surface area contributed by atoms with E-state index in [1.807, 2.05) is 6.92 Å². The van der Waals surface area contributed by atoms with E-state index in [-0.39, 0.29) is 0 Å². The van der Waals surface area contributed by atoms with Crippen LogP contribution in [0.3, 0.4) is 0 Å². The van der Waals surface area contributed by atoms with Crippen LogP contribution in [0.4, 0.5) is 0 Å². The van der Waals surface area contributed by atoms with E-state index in [2.05, 4.69) is 15.5 Å². The van der Waals surface area contributed by atoms with Crippen molar-refractivity contribution in [2.24, 2.45) is 0 Å². The normalized spacial score (nSPS) is 10.8. The molecule has 0 unspecified atom stereocenters. The molecular formula is C11H11Cl2N3O. The summed E-state index contributed by atoms with van der Waals surface area (Å²) in [5, 5.41) is 7.85. The highest BCUT2D eigenvalue weighted by Crippen LogP contribution is 2.32. The van der Waals surface area contributed by atoms with Crippen LogP contribution in [0, 0.1) is 0 Å². The molecule has 1 N–H and O–H groups in total. The fraction of sp³-hybridized carbons (Fsp3) is 0.273. The molecule has 0 amide bonds. The Morgan fingerprint density at radius 3 is 2.94 bits per heavy atom. The van der Waals surface area contributed by atoms with E-state index in [1.165, 1.54) is 0 Å². The summed E-state index contributed by atoms with van der Waals surface area (Å²) in [4.78, 5) is 4.24. The molecule has 4 nitrogen and oxygen atoms in total. The second-order valence-corrected chi connectivity index (χ2v) is 4.18. The minimum atomic E-state index is 0.380. The molecule has 1 heterocycles. The van der Waals surface area contributed by atoms with Gasteiger partial charge in [0.25, 0.3) is 5.89 Å². The quantitative estimate of drug-likeness (QED) is 0.928. The highest BCUT2D eigenvalue weighted by Gasteiger charge is 2.13. The van der Waals surface area contributed by atoms with E-state index in [0.29, 0.717) is 33.9 Å². The summed E-state index contributed by atoms with van der Waals surface area (Å²) in [7, 11) is 0. The van der Waals surface area contributed by atoms with Gasteiger partial charge < -0.3 is 9.84 Å². The molecule has 90 valence electrons. The third kappa shape index (κ3) is 2.77. The predicted octanol–water partition coefficient (Wildman–Crippen LogP) is 3.15. The van der Waals surface area contributed by atoms with Crippen molar-refractivity contribution in [1.82, 2.24) is 15.5 Å². The maximum atomic E-state index is 6.07. The molecule has 0 saturated heterocycles. The lowest BCUT2D eigenvalue weighted by Gasteiger charge is -1.99. The van der Waals surface area contributed by atoms with E-state index < -0.39 is 0 Å². The lowest BCUT2D eigenvalue weighted by Crippen LogP contribution is -2.12. The van der Waals surface area contributed by atoms with Crippen molar-refractivity contribution in [2.75, 3.05) is 6.54 Å². The van der Waals surface area contributed by atoms with Crippen LogP contribution in [0.2, 0.25) is 10.0 Å². The van der Waals surface area contributed by atoms with Crippen LogP contribution in [0.1, 0.15) is 12.7 Å². The summed E-state index contributed by atoms with van der Waals surface area (Å²) in [5.41, 5.74) is 0.648. The molecule has 0 saturated carbocycles. The molecule has 0 aliphatic rings. The molecule has 2 rings (SSSR count). The molecule has 6 heteroatoms. The number of nitrogens with one attached hydrogen (secondary N) is 1. The van der Waals surface area contributed by atoms with E-state index in [1.54, 1.807) is 18.2 Å². The van der Waals surface area contributed by atoms with E-state index in [9.17, 15) is 0 Å². The van der Waals surface area contributed by atoms with Crippen molar-refractivity contribution >= 4 is 23.2 Å². The molecule has 0 radical (unpaired) electrons. The molecule has 1 aromatic carbocycles. The van der Waals surface area contributed by atoms with E-state index >= 15 is 0 Å². The summed E-state index contributed by atoms with van der Waals surface area (Å²) in [6.07, 6.45) is 0. The molecular weight excluding hydrogens is 261 g/mol. The van der Waals surface area contributed by atoms with Crippen molar-refractivity contribution < 1.29 is 4.52 Å². The standard InChI is InChI=1S/C11H11Cl2N3O/c1-2-14-6-9-15-11(17-16-9)7-4-3-5-8(12)10(7)13/h3-5,14H,2,6H2,1H3. The van der Waals surface area contributed by atoms with Gasteiger partial charge in [0, 0.05) is 0 Å². The van der Waals surface area contributed by atoms with Gasteiger partial charge in [-0.15, -0.1) is 0 Å². The average Bonchev–Trinajstić information content (AvgIpc) is 2.78. The van der Waals surface area contributed by atoms with Gasteiger partial charge in [-0.05, 0) is 18.7 Å². The third-order valence-electron chi connectivity index (χ3n) is 2.18. The number of hydrogen-bond acceptors (Lipinski definition) is 4. The van der Waals surface area contributed by atoms with Gasteiger partial charge in [0.05, 0.1) is 22.2 Å². The van der Waals surface area contributed by atoms with Crippen molar-refractivity contribution in [1.29, 1.82) is 0 Å². The molecule has 0 fully saturated rings. The number of aromatic nitrogens is 2. The molecule has 17 heavy (non-hydrogen) atoms. The Labute approximate surface area is 109 Å². The highest BCUT2D eigenvalue weighted by atomic mass is 35.5. The van der Waals surface area contributed by atoms with Gasteiger partial charge in [-0.2, -0.15) is 4.98 Å². The maximum absolute atomic E-state index is 6.07. The fourth-order valence-corrected chi connectivity index (χ4v) is 1.72. The fourth-order valence-electron chi connectivity index (χ4n) is 1.34. The Bertz CT molecular complexity index is 513. The van der Waals surface area contributed by atoms with Gasteiger partial charge in [-0.1, -0.05) is 41.3 Å². The highest BCUT2D eigenvalue weighted by molar-refractivity contribution is 6.43. The van der Waals surface area contributed by atoms with Crippen molar-refractivity contribution in [3.63, 3.8) is 0 Å². The van der Waals surface area contributed by atoms with Crippen LogP contribution in [0.5, 0.6) is 0 Å². The number of nitrogens with zero attached hydrogens (tertiary/aromatic N) is 2. The topological polar surface area (TPSA) is 51.0 Å². The Balaban J connectivity index is 2.27. The molecule has 0 spiro atoms. The van der Waals surface area contributed by atoms with Gasteiger partial charge in [-0.25, -0.2) is 0 Å². The van der Waals surface area contributed by atoms with E-state index in [0.717, 1.165) is 6.54 Å². The summed E-state index contributed by atoms with van der Waals surface area (Å²) >= 11 is 12.0. The number of halogens is 2.